The molecule has 0 aromatic carbocycles. The highest BCUT2D eigenvalue weighted by Crippen LogP contribution is 2.32. The Bertz CT molecular complexity index is 255. The van der Waals surface area contributed by atoms with Crippen LogP contribution in [0.15, 0.2) is 0 Å². The minimum absolute atomic E-state index is 0.190. The van der Waals surface area contributed by atoms with E-state index in [1.807, 2.05) is 0 Å². The largest absolute Gasteiger partial charge is 0.375 e. The normalized spacial score (nSPS) is 13.8. The first-order chi connectivity index (χ1) is 12.7. The molecule has 0 aliphatic heterocycles. The third-order valence-corrected chi connectivity index (χ3v) is 5.88. The summed E-state index contributed by atoms with van der Waals surface area (Å²) in [6, 6.07) is 0. The molecule has 0 aromatic rings. The molecule has 1 unspecified atom stereocenters. The Kier molecular flexibility index (Phi) is 19.7. The van der Waals surface area contributed by atoms with Gasteiger partial charge in [0, 0.05) is 6.61 Å². The fourth-order valence-corrected chi connectivity index (χ4v) is 4.34. The van der Waals surface area contributed by atoms with Gasteiger partial charge in [0.2, 0.25) is 0 Å². The lowest BCUT2D eigenvalue weighted by Crippen LogP contribution is -2.32. The van der Waals surface area contributed by atoms with E-state index in [4.69, 9.17) is 4.74 Å². The molecule has 0 bridgehead atoms. The van der Waals surface area contributed by atoms with Gasteiger partial charge < -0.3 is 4.74 Å². The Morgan fingerprint density at radius 1 is 0.423 bits per heavy atom. The van der Waals surface area contributed by atoms with Crippen LogP contribution >= 0.6 is 0 Å². The Labute approximate surface area is 167 Å². The number of rotatable bonds is 21. The van der Waals surface area contributed by atoms with E-state index < -0.39 is 0 Å². The zero-order valence-electron chi connectivity index (χ0n) is 19.1. The van der Waals surface area contributed by atoms with Gasteiger partial charge in [-0.15, -0.1) is 0 Å². The number of ether oxygens (including phenoxy) is 1. The summed E-state index contributed by atoms with van der Waals surface area (Å²) in [5.41, 5.74) is 0.190. The fourth-order valence-electron chi connectivity index (χ4n) is 4.34. The molecule has 0 fully saturated rings. The molecule has 0 amide bonds. The smallest absolute Gasteiger partial charge is 0.0682 e. The molecular weight excluding hydrogens is 316 g/mol. The summed E-state index contributed by atoms with van der Waals surface area (Å²) in [6.07, 6.45) is 26.2. The van der Waals surface area contributed by atoms with E-state index >= 15 is 0 Å². The van der Waals surface area contributed by atoms with Gasteiger partial charge in [0.15, 0.2) is 0 Å². The highest BCUT2D eigenvalue weighted by Gasteiger charge is 2.28. The molecule has 0 radical (unpaired) electrons. The van der Waals surface area contributed by atoms with Crippen LogP contribution in [-0.4, -0.2) is 12.2 Å². The standard InChI is InChI=1S/C25H52O/c1-5-9-11-13-15-17-19-21-24-25(22-7-3,26-8-4)23-20-18-16-14-12-10-6-2/h5-24H2,1-4H3. The second-order valence-corrected chi connectivity index (χ2v) is 8.46. The maximum absolute atomic E-state index is 6.37. The van der Waals surface area contributed by atoms with E-state index in [1.165, 1.54) is 122 Å². The van der Waals surface area contributed by atoms with Crippen LogP contribution in [0.5, 0.6) is 0 Å². The zero-order chi connectivity index (χ0) is 19.3. The third-order valence-electron chi connectivity index (χ3n) is 5.88. The minimum atomic E-state index is 0.190. The van der Waals surface area contributed by atoms with Gasteiger partial charge in [-0.1, -0.05) is 124 Å². The molecule has 0 heterocycles. The summed E-state index contributed by atoms with van der Waals surface area (Å²) in [4.78, 5) is 0. The van der Waals surface area contributed by atoms with Gasteiger partial charge in [0.05, 0.1) is 5.60 Å². The summed E-state index contributed by atoms with van der Waals surface area (Å²) in [5, 5.41) is 0. The SMILES string of the molecule is CCCCCCCCCCC(CCC)(CCCCCCCCC)OCC. The Morgan fingerprint density at radius 3 is 1.15 bits per heavy atom. The molecule has 26 heavy (non-hydrogen) atoms. The quantitative estimate of drug-likeness (QED) is 0.183. The van der Waals surface area contributed by atoms with E-state index in [-0.39, 0.29) is 5.60 Å². The van der Waals surface area contributed by atoms with Crippen molar-refractivity contribution < 1.29 is 4.74 Å². The molecule has 0 saturated carbocycles. The van der Waals surface area contributed by atoms with Crippen molar-refractivity contribution in [3.63, 3.8) is 0 Å². The van der Waals surface area contributed by atoms with Crippen molar-refractivity contribution in [1.82, 2.24) is 0 Å². The molecule has 0 N–H and O–H groups in total. The van der Waals surface area contributed by atoms with Crippen LogP contribution in [0.1, 0.15) is 150 Å². The van der Waals surface area contributed by atoms with E-state index in [9.17, 15) is 0 Å². The van der Waals surface area contributed by atoms with Crippen molar-refractivity contribution >= 4 is 0 Å². The van der Waals surface area contributed by atoms with Crippen LogP contribution in [0.4, 0.5) is 0 Å². The van der Waals surface area contributed by atoms with Crippen LogP contribution < -0.4 is 0 Å². The van der Waals surface area contributed by atoms with E-state index in [0.29, 0.717) is 0 Å². The molecule has 0 saturated heterocycles. The summed E-state index contributed by atoms with van der Waals surface area (Å²) in [7, 11) is 0. The molecular formula is C25H52O. The van der Waals surface area contributed by atoms with Crippen molar-refractivity contribution in [2.75, 3.05) is 6.61 Å². The van der Waals surface area contributed by atoms with Crippen molar-refractivity contribution in [2.45, 2.75) is 155 Å². The first kappa shape index (κ1) is 26.0. The van der Waals surface area contributed by atoms with Crippen LogP contribution in [0.3, 0.4) is 0 Å². The maximum Gasteiger partial charge on any atom is 0.0682 e. The lowest BCUT2D eigenvalue weighted by molar-refractivity contribution is -0.0613. The van der Waals surface area contributed by atoms with Gasteiger partial charge in [-0.3, -0.25) is 0 Å². The fraction of sp³-hybridized carbons (Fsp3) is 1.00. The molecule has 0 aliphatic rings. The molecule has 1 heteroatoms. The number of hydrogen-bond donors (Lipinski definition) is 0. The first-order valence-corrected chi connectivity index (χ1v) is 12.4. The number of unbranched alkanes of at least 4 members (excludes halogenated alkanes) is 13. The van der Waals surface area contributed by atoms with Gasteiger partial charge >= 0.3 is 0 Å². The van der Waals surface area contributed by atoms with Gasteiger partial charge in [0.25, 0.3) is 0 Å². The highest BCUT2D eigenvalue weighted by atomic mass is 16.5. The Morgan fingerprint density at radius 2 is 0.808 bits per heavy atom. The highest BCUT2D eigenvalue weighted by molar-refractivity contribution is 4.80. The topological polar surface area (TPSA) is 9.23 Å². The van der Waals surface area contributed by atoms with Crippen LogP contribution in [-0.2, 0) is 4.74 Å². The monoisotopic (exact) mass is 368 g/mol. The van der Waals surface area contributed by atoms with Crippen molar-refractivity contribution in [2.24, 2.45) is 0 Å². The molecule has 0 aliphatic carbocycles. The van der Waals surface area contributed by atoms with E-state index in [1.54, 1.807) is 0 Å². The lowest BCUT2D eigenvalue weighted by atomic mass is 9.85. The van der Waals surface area contributed by atoms with Crippen LogP contribution in [0.2, 0.25) is 0 Å². The molecule has 0 rings (SSSR count). The van der Waals surface area contributed by atoms with Gasteiger partial charge in [-0.05, 0) is 26.2 Å². The van der Waals surface area contributed by atoms with Crippen molar-refractivity contribution in [3.05, 3.63) is 0 Å². The average Bonchev–Trinajstić information content (AvgIpc) is 2.63. The second-order valence-electron chi connectivity index (χ2n) is 8.46. The van der Waals surface area contributed by atoms with E-state index in [0.717, 1.165) is 6.61 Å². The molecule has 1 nitrogen and oxygen atoms in total. The molecule has 1 atom stereocenters. The Hall–Kier alpha value is -0.0400. The lowest BCUT2D eigenvalue weighted by Gasteiger charge is -2.34. The Balaban J connectivity index is 4.03. The summed E-state index contributed by atoms with van der Waals surface area (Å²) >= 11 is 0. The maximum atomic E-state index is 6.37. The van der Waals surface area contributed by atoms with Crippen LogP contribution in [0, 0.1) is 0 Å². The minimum Gasteiger partial charge on any atom is -0.375 e. The predicted molar refractivity (Wildman–Crippen MR) is 119 cm³/mol. The van der Waals surface area contributed by atoms with Crippen molar-refractivity contribution in [1.29, 1.82) is 0 Å². The summed E-state index contributed by atoms with van der Waals surface area (Å²) < 4.78 is 6.37. The number of hydrogen-bond acceptors (Lipinski definition) is 1. The van der Waals surface area contributed by atoms with Crippen molar-refractivity contribution in [3.8, 4) is 0 Å². The molecule has 0 spiro atoms. The average molecular weight is 369 g/mol. The van der Waals surface area contributed by atoms with E-state index in [2.05, 4.69) is 27.7 Å². The molecule has 0 aromatic heterocycles. The molecule has 158 valence electrons. The summed E-state index contributed by atoms with van der Waals surface area (Å²) in [5.74, 6) is 0. The van der Waals surface area contributed by atoms with Gasteiger partial charge in [0.1, 0.15) is 0 Å². The van der Waals surface area contributed by atoms with Gasteiger partial charge in [-0.2, -0.15) is 0 Å². The van der Waals surface area contributed by atoms with Crippen LogP contribution in [0.25, 0.3) is 0 Å². The predicted octanol–water partition coefficient (Wildman–Crippen LogP) is 9.23. The van der Waals surface area contributed by atoms with Gasteiger partial charge in [-0.25, -0.2) is 0 Å². The first-order valence-electron chi connectivity index (χ1n) is 12.4. The summed E-state index contributed by atoms with van der Waals surface area (Å²) in [6.45, 7) is 9.99. The second kappa shape index (κ2) is 19.7. The zero-order valence-corrected chi connectivity index (χ0v) is 19.1. The third kappa shape index (κ3) is 15.1.